The first-order chi connectivity index (χ1) is 25.6. The molecule has 5 atom stereocenters. The summed E-state index contributed by atoms with van der Waals surface area (Å²) in [4.78, 5) is 30.4. The molecule has 1 aromatic carbocycles. The SMILES string of the molecule is C=N/C(Nc1nc2ccccc2s1)=C(C)\C=C(/C)N(C)c1ccc(-c2cnn(CC34CC5(C)CC6(C)CC(OCCN(C)C)(C3)C56C4)c2C)c(C(=O)O)n1. The van der Waals surface area contributed by atoms with Gasteiger partial charge in [-0.2, -0.15) is 5.10 Å². The molecule has 8 rings (SSSR count). The molecule has 1 spiro atoms. The summed E-state index contributed by atoms with van der Waals surface area (Å²) in [5.41, 5.74) is 5.90. The largest absolute Gasteiger partial charge is 0.476 e. The molecule has 2 N–H and O–H groups in total. The zero-order valence-electron chi connectivity index (χ0n) is 32.8. The second kappa shape index (κ2) is 12.6. The topological polar surface area (TPSA) is 121 Å². The second-order valence-electron chi connectivity index (χ2n) is 17.4. The lowest BCUT2D eigenvalue weighted by molar-refractivity contribution is -0.387. The van der Waals surface area contributed by atoms with Gasteiger partial charge >= 0.3 is 5.97 Å². The Hall–Kier alpha value is -4.39. The van der Waals surface area contributed by atoms with E-state index in [9.17, 15) is 9.90 Å². The van der Waals surface area contributed by atoms with Gasteiger partial charge in [0.05, 0.1) is 28.6 Å². The molecule has 4 aliphatic rings. The van der Waals surface area contributed by atoms with Gasteiger partial charge in [0.25, 0.3) is 0 Å². The van der Waals surface area contributed by atoms with Crippen molar-refractivity contribution >= 4 is 45.2 Å². The Balaban J connectivity index is 1.02. The van der Waals surface area contributed by atoms with Gasteiger partial charge in [-0.25, -0.2) is 19.8 Å². The predicted octanol–water partition coefficient (Wildman–Crippen LogP) is 8.25. The number of thiazole rings is 1. The lowest BCUT2D eigenvalue weighted by Gasteiger charge is -2.82. The van der Waals surface area contributed by atoms with Crippen molar-refractivity contribution in [2.24, 2.45) is 26.7 Å². The van der Waals surface area contributed by atoms with E-state index in [4.69, 9.17) is 9.84 Å². The summed E-state index contributed by atoms with van der Waals surface area (Å²) < 4.78 is 10.1. The van der Waals surface area contributed by atoms with E-state index in [-0.39, 0.29) is 22.1 Å². The molecule has 0 radical (unpaired) electrons. The van der Waals surface area contributed by atoms with Crippen LogP contribution in [0, 0.1) is 28.6 Å². The smallest absolute Gasteiger partial charge is 0.355 e. The van der Waals surface area contributed by atoms with Crippen molar-refractivity contribution in [3.63, 3.8) is 0 Å². The molecule has 12 heteroatoms. The summed E-state index contributed by atoms with van der Waals surface area (Å²) in [6.45, 7) is 17.2. The predicted molar refractivity (Wildman–Crippen MR) is 216 cm³/mol. The third-order valence-electron chi connectivity index (χ3n) is 13.6. The molecular weight excluding hydrogens is 697 g/mol. The molecule has 4 fully saturated rings. The fraction of sp³-hybridized carbons (Fsp3) is 0.500. The quantitative estimate of drug-likeness (QED) is 0.0970. The number of carboxylic acid groups (broad SMARTS) is 1. The first-order valence-electron chi connectivity index (χ1n) is 18.9. The van der Waals surface area contributed by atoms with Crippen molar-refractivity contribution in [3.8, 4) is 11.1 Å². The Labute approximate surface area is 321 Å². The molecule has 0 amide bonds. The number of pyridine rings is 1. The Kier molecular flexibility index (Phi) is 8.52. The lowest BCUT2D eigenvalue weighted by Crippen LogP contribution is -2.81. The third-order valence-corrected chi connectivity index (χ3v) is 14.5. The molecule has 5 unspecified atom stereocenters. The molecule has 284 valence electrons. The molecule has 2 bridgehead atoms. The number of carbonyl (C=O) groups is 1. The van der Waals surface area contributed by atoms with E-state index in [1.807, 2.05) is 74.5 Å². The van der Waals surface area contributed by atoms with Gasteiger partial charge in [-0.3, -0.25) is 4.68 Å². The van der Waals surface area contributed by atoms with Crippen LogP contribution in [0.15, 0.2) is 70.8 Å². The van der Waals surface area contributed by atoms with Crippen molar-refractivity contribution < 1.29 is 14.6 Å². The van der Waals surface area contributed by atoms with Gasteiger partial charge in [0.1, 0.15) is 11.6 Å². The number of hydrogen-bond donors (Lipinski definition) is 2. The van der Waals surface area contributed by atoms with E-state index in [1.54, 1.807) is 11.3 Å². The van der Waals surface area contributed by atoms with Crippen LogP contribution in [-0.2, 0) is 11.3 Å². The maximum absolute atomic E-state index is 12.8. The molecule has 4 aromatic rings. The van der Waals surface area contributed by atoms with Crippen LogP contribution in [0.1, 0.15) is 76.0 Å². The summed E-state index contributed by atoms with van der Waals surface area (Å²) in [5, 5.41) is 19.4. The molecule has 11 nitrogen and oxygen atoms in total. The van der Waals surface area contributed by atoms with Crippen LogP contribution in [0.3, 0.4) is 0 Å². The molecule has 4 saturated carbocycles. The Morgan fingerprint density at radius 2 is 1.81 bits per heavy atom. The van der Waals surface area contributed by atoms with Crippen molar-refractivity contribution in [1.29, 1.82) is 0 Å². The van der Waals surface area contributed by atoms with E-state index in [0.717, 1.165) is 70.4 Å². The molecule has 3 aromatic heterocycles. The summed E-state index contributed by atoms with van der Waals surface area (Å²) in [7, 11) is 6.09. The molecular formula is C42H52N8O3S. The average Bonchev–Trinajstić information content (AvgIpc) is 3.82. The van der Waals surface area contributed by atoms with Gasteiger partial charge in [0.15, 0.2) is 10.8 Å². The summed E-state index contributed by atoms with van der Waals surface area (Å²) in [6, 6.07) is 11.7. The first-order valence-corrected chi connectivity index (χ1v) is 19.7. The minimum absolute atomic E-state index is 0.000546. The maximum Gasteiger partial charge on any atom is 0.355 e. The van der Waals surface area contributed by atoms with Crippen molar-refractivity contribution in [1.82, 2.24) is 24.6 Å². The number of likely N-dealkylation sites (N-methyl/N-ethyl adjacent to an activating group) is 1. The molecule has 0 aliphatic heterocycles. The highest BCUT2D eigenvalue weighted by Crippen LogP contribution is 2.95. The van der Waals surface area contributed by atoms with Crippen LogP contribution in [0.5, 0.6) is 0 Å². The van der Waals surface area contributed by atoms with Gasteiger partial charge in [-0.05, 0) is 126 Å². The minimum atomic E-state index is -1.08. The number of allylic oxidation sites excluding steroid dienone is 3. The van der Waals surface area contributed by atoms with Gasteiger partial charge < -0.3 is 25.0 Å². The Morgan fingerprint density at radius 1 is 1.06 bits per heavy atom. The summed E-state index contributed by atoms with van der Waals surface area (Å²) in [6.07, 6.45) is 9.66. The lowest BCUT2D eigenvalue weighted by atomic mass is 9.24. The number of para-hydroxylation sites is 1. The fourth-order valence-electron chi connectivity index (χ4n) is 11.9. The van der Waals surface area contributed by atoms with E-state index in [0.29, 0.717) is 28.0 Å². The number of aromatic nitrogens is 4. The van der Waals surface area contributed by atoms with Gasteiger partial charge in [-0.1, -0.05) is 37.3 Å². The van der Waals surface area contributed by atoms with Crippen LogP contribution < -0.4 is 10.2 Å². The molecule has 0 saturated heterocycles. The Bertz CT molecular complexity index is 2220. The summed E-state index contributed by atoms with van der Waals surface area (Å²) in [5.74, 6) is 0.0327. The molecule has 3 heterocycles. The number of benzene rings is 1. The van der Waals surface area contributed by atoms with Crippen LogP contribution in [0.2, 0.25) is 0 Å². The zero-order valence-corrected chi connectivity index (χ0v) is 33.6. The number of carboxylic acids is 1. The maximum atomic E-state index is 12.8. The fourth-order valence-corrected chi connectivity index (χ4v) is 12.8. The van der Waals surface area contributed by atoms with Gasteiger partial charge in [0.2, 0.25) is 0 Å². The Morgan fingerprint density at radius 3 is 2.52 bits per heavy atom. The van der Waals surface area contributed by atoms with Gasteiger partial charge in [0, 0.05) is 48.1 Å². The number of nitrogens with one attached hydrogen (secondary N) is 1. The number of rotatable bonds is 14. The average molecular weight is 749 g/mol. The number of nitrogens with zero attached hydrogens (tertiary/aromatic N) is 7. The highest BCUT2D eigenvalue weighted by atomic mass is 32.1. The zero-order chi connectivity index (χ0) is 38.4. The number of aliphatic imine (C=N–C) groups is 1. The molecule has 54 heavy (non-hydrogen) atoms. The van der Waals surface area contributed by atoms with Crippen molar-refractivity contribution in [2.75, 3.05) is 44.5 Å². The van der Waals surface area contributed by atoms with Crippen LogP contribution in [0.4, 0.5) is 10.9 Å². The van der Waals surface area contributed by atoms with E-state index in [2.05, 4.69) is 71.4 Å². The van der Waals surface area contributed by atoms with Crippen LogP contribution in [-0.4, -0.2) is 82.3 Å². The first kappa shape index (κ1) is 36.6. The van der Waals surface area contributed by atoms with E-state index >= 15 is 0 Å². The number of ether oxygens (including phenoxy) is 1. The van der Waals surface area contributed by atoms with E-state index in [1.165, 1.54) is 19.3 Å². The highest BCUT2D eigenvalue weighted by molar-refractivity contribution is 7.22. The van der Waals surface area contributed by atoms with E-state index < -0.39 is 5.97 Å². The number of hydrogen-bond acceptors (Lipinski definition) is 10. The minimum Gasteiger partial charge on any atom is -0.476 e. The highest BCUT2D eigenvalue weighted by Gasteiger charge is 2.93. The normalized spacial score (nSPS) is 29.8. The van der Waals surface area contributed by atoms with Crippen LogP contribution >= 0.6 is 11.3 Å². The number of fused-ring (bicyclic) bond motifs is 2. The van der Waals surface area contributed by atoms with Crippen molar-refractivity contribution in [2.45, 2.75) is 78.9 Å². The monoisotopic (exact) mass is 748 g/mol. The standard InChI is InChI=1S/C42H52N8O3S/c1-26(35(43-6)47-37-45-31-12-10-11-13-32(31)54-37)18-27(2)49(9)33-15-14-29(34(46-33)36(51)52)30-19-44-50(28(30)3)25-40-21-38(4)20-39(5)22-41(23-40,42(38,39)24-40)53-17-16-48(7)8/h10-15,18-19H,6,16-17,20-25H2,1-5,7-9H3,(H,45,47)(H,51,52)/b27-18+,35-26+. The summed E-state index contributed by atoms with van der Waals surface area (Å²) >= 11 is 1.55. The second-order valence-corrected chi connectivity index (χ2v) is 18.4. The van der Waals surface area contributed by atoms with Crippen LogP contribution in [0.25, 0.3) is 21.3 Å². The molecule has 4 aliphatic carbocycles. The van der Waals surface area contributed by atoms with Gasteiger partial charge in [-0.15, -0.1) is 0 Å². The third kappa shape index (κ3) is 5.31. The number of anilines is 2. The number of aromatic carboxylic acids is 1. The van der Waals surface area contributed by atoms with Crippen molar-refractivity contribution in [3.05, 3.63) is 77.2 Å².